The number of amides is 1. The van der Waals surface area contributed by atoms with Crippen molar-refractivity contribution in [3.8, 4) is 5.75 Å². The first-order valence-electron chi connectivity index (χ1n) is 7.97. The van der Waals surface area contributed by atoms with Gasteiger partial charge in [-0.05, 0) is 37.1 Å². The molecule has 0 saturated carbocycles. The number of piperidine rings is 1. The van der Waals surface area contributed by atoms with Gasteiger partial charge in [-0.2, -0.15) is 5.10 Å². The summed E-state index contributed by atoms with van der Waals surface area (Å²) in [6, 6.07) is 6.22. The number of aromatic hydroxyl groups is 1. The van der Waals surface area contributed by atoms with Gasteiger partial charge in [-0.25, -0.2) is 0 Å². The summed E-state index contributed by atoms with van der Waals surface area (Å²) >= 11 is 5.88. The molecule has 0 spiro atoms. The number of likely N-dealkylation sites (tertiary alicyclic amines) is 1. The Bertz CT molecular complexity index is 805. The molecule has 1 saturated heterocycles. The molecule has 132 valence electrons. The van der Waals surface area contributed by atoms with Gasteiger partial charge >= 0.3 is 5.97 Å². The average molecular weight is 364 g/mol. The molecule has 1 aliphatic rings. The van der Waals surface area contributed by atoms with E-state index in [-0.39, 0.29) is 29.1 Å². The molecule has 1 aromatic heterocycles. The second-order valence-corrected chi connectivity index (χ2v) is 6.50. The Kier molecular flexibility index (Phi) is 4.94. The summed E-state index contributed by atoms with van der Waals surface area (Å²) in [6.07, 6.45) is 3.38. The van der Waals surface area contributed by atoms with Gasteiger partial charge in [0.2, 0.25) is 0 Å². The normalized spacial score (nSPS) is 17.5. The highest BCUT2D eigenvalue weighted by molar-refractivity contribution is 6.32. The zero-order valence-electron chi connectivity index (χ0n) is 13.4. The van der Waals surface area contributed by atoms with Crippen LogP contribution >= 0.6 is 11.6 Å². The second-order valence-electron chi connectivity index (χ2n) is 6.09. The van der Waals surface area contributed by atoms with Crippen molar-refractivity contribution in [1.82, 2.24) is 14.7 Å². The van der Waals surface area contributed by atoms with E-state index in [2.05, 4.69) is 5.10 Å². The molecular formula is C17H18ClN3O4. The SMILES string of the molecule is O=C(O)Cn1ccc([C@H]2CCCN(C(=O)c3ccc(O)c(Cl)c3)C2)n1. The highest BCUT2D eigenvalue weighted by Gasteiger charge is 2.27. The quantitative estimate of drug-likeness (QED) is 0.869. The summed E-state index contributed by atoms with van der Waals surface area (Å²) < 4.78 is 1.39. The number of aromatic nitrogens is 2. The summed E-state index contributed by atoms with van der Waals surface area (Å²) in [5.41, 5.74) is 1.22. The van der Waals surface area contributed by atoms with E-state index in [9.17, 15) is 14.7 Å². The van der Waals surface area contributed by atoms with Crippen molar-refractivity contribution in [2.45, 2.75) is 25.3 Å². The topological polar surface area (TPSA) is 95.7 Å². The van der Waals surface area contributed by atoms with E-state index in [0.717, 1.165) is 18.5 Å². The van der Waals surface area contributed by atoms with Crippen LogP contribution in [0.4, 0.5) is 0 Å². The van der Waals surface area contributed by atoms with Gasteiger partial charge in [-0.3, -0.25) is 14.3 Å². The number of benzene rings is 1. The van der Waals surface area contributed by atoms with Crippen LogP contribution in [0.2, 0.25) is 5.02 Å². The zero-order chi connectivity index (χ0) is 18.0. The fourth-order valence-corrected chi connectivity index (χ4v) is 3.23. The first kappa shape index (κ1) is 17.3. The maximum Gasteiger partial charge on any atom is 0.325 e. The van der Waals surface area contributed by atoms with Crippen LogP contribution in [0.25, 0.3) is 0 Å². The summed E-state index contributed by atoms with van der Waals surface area (Å²) in [7, 11) is 0. The number of phenolic OH excluding ortho intramolecular Hbond substituents is 1. The van der Waals surface area contributed by atoms with Crippen LogP contribution in [0.1, 0.15) is 34.8 Å². The minimum atomic E-state index is -0.945. The first-order valence-corrected chi connectivity index (χ1v) is 8.35. The van der Waals surface area contributed by atoms with Gasteiger partial charge in [-0.15, -0.1) is 0 Å². The number of hydrogen-bond donors (Lipinski definition) is 2. The highest BCUT2D eigenvalue weighted by Crippen LogP contribution is 2.28. The first-order chi connectivity index (χ1) is 11.9. The van der Waals surface area contributed by atoms with Crippen LogP contribution in [-0.4, -0.2) is 49.9 Å². The van der Waals surface area contributed by atoms with Crippen molar-refractivity contribution in [3.05, 3.63) is 46.7 Å². The fourth-order valence-electron chi connectivity index (χ4n) is 3.05. The molecule has 8 heteroatoms. The number of aliphatic carboxylic acids is 1. The second kappa shape index (κ2) is 7.14. The zero-order valence-corrected chi connectivity index (χ0v) is 14.2. The monoisotopic (exact) mass is 363 g/mol. The predicted octanol–water partition coefficient (Wildman–Crippen LogP) is 2.35. The molecule has 0 unspecified atom stereocenters. The van der Waals surface area contributed by atoms with Crippen molar-refractivity contribution in [3.63, 3.8) is 0 Å². The van der Waals surface area contributed by atoms with E-state index < -0.39 is 5.97 Å². The van der Waals surface area contributed by atoms with E-state index in [1.807, 2.05) is 0 Å². The third-order valence-corrected chi connectivity index (χ3v) is 4.58. The van der Waals surface area contributed by atoms with Crippen LogP contribution in [0.3, 0.4) is 0 Å². The number of rotatable bonds is 4. The van der Waals surface area contributed by atoms with Gasteiger partial charge in [0.15, 0.2) is 0 Å². The molecule has 1 aliphatic heterocycles. The fraction of sp³-hybridized carbons (Fsp3) is 0.353. The Morgan fingerprint density at radius 1 is 1.32 bits per heavy atom. The van der Waals surface area contributed by atoms with Crippen LogP contribution in [0.15, 0.2) is 30.5 Å². The van der Waals surface area contributed by atoms with E-state index in [4.69, 9.17) is 16.7 Å². The lowest BCUT2D eigenvalue weighted by molar-refractivity contribution is -0.137. The van der Waals surface area contributed by atoms with Crippen molar-refractivity contribution < 1.29 is 19.8 Å². The molecule has 1 fully saturated rings. The van der Waals surface area contributed by atoms with Crippen molar-refractivity contribution in [2.24, 2.45) is 0 Å². The molecule has 2 aromatic rings. The van der Waals surface area contributed by atoms with Crippen LogP contribution in [0.5, 0.6) is 5.75 Å². The van der Waals surface area contributed by atoms with Gasteiger partial charge in [0.05, 0.1) is 10.7 Å². The molecule has 2 N–H and O–H groups in total. The van der Waals surface area contributed by atoms with Crippen LogP contribution in [0, 0.1) is 0 Å². The number of phenols is 1. The van der Waals surface area contributed by atoms with Gasteiger partial charge in [-0.1, -0.05) is 11.6 Å². The van der Waals surface area contributed by atoms with Crippen molar-refractivity contribution >= 4 is 23.5 Å². The Hall–Kier alpha value is -2.54. The lowest BCUT2D eigenvalue weighted by atomic mass is 9.94. The number of nitrogens with zero attached hydrogens (tertiary/aromatic N) is 3. The maximum absolute atomic E-state index is 12.7. The Morgan fingerprint density at radius 2 is 2.12 bits per heavy atom. The molecule has 1 amide bonds. The van der Waals surface area contributed by atoms with Crippen LogP contribution < -0.4 is 0 Å². The minimum Gasteiger partial charge on any atom is -0.506 e. The molecular weight excluding hydrogens is 346 g/mol. The number of hydrogen-bond acceptors (Lipinski definition) is 4. The summed E-state index contributed by atoms with van der Waals surface area (Å²) in [5, 5.41) is 22.8. The molecule has 3 rings (SSSR count). The van der Waals surface area contributed by atoms with Crippen molar-refractivity contribution in [2.75, 3.05) is 13.1 Å². The number of carboxylic acids is 1. The molecule has 0 radical (unpaired) electrons. The minimum absolute atomic E-state index is 0.0568. The molecule has 25 heavy (non-hydrogen) atoms. The molecule has 0 bridgehead atoms. The maximum atomic E-state index is 12.7. The Morgan fingerprint density at radius 3 is 2.84 bits per heavy atom. The van der Waals surface area contributed by atoms with E-state index in [0.29, 0.717) is 18.7 Å². The number of carbonyl (C=O) groups is 2. The lowest BCUT2D eigenvalue weighted by Crippen LogP contribution is -2.39. The number of halogens is 1. The third kappa shape index (κ3) is 3.93. The van der Waals surface area contributed by atoms with E-state index in [1.54, 1.807) is 23.2 Å². The smallest absolute Gasteiger partial charge is 0.325 e. The van der Waals surface area contributed by atoms with Crippen molar-refractivity contribution in [1.29, 1.82) is 0 Å². The van der Waals surface area contributed by atoms with Gasteiger partial charge < -0.3 is 15.1 Å². The molecule has 1 aromatic carbocycles. The molecule has 0 aliphatic carbocycles. The predicted molar refractivity (Wildman–Crippen MR) is 90.9 cm³/mol. The summed E-state index contributed by atoms with van der Waals surface area (Å²) in [6.45, 7) is 0.979. The average Bonchev–Trinajstić information content (AvgIpc) is 3.04. The van der Waals surface area contributed by atoms with E-state index in [1.165, 1.54) is 16.8 Å². The Balaban J connectivity index is 1.72. The van der Waals surface area contributed by atoms with Crippen LogP contribution in [-0.2, 0) is 11.3 Å². The third-order valence-electron chi connectivity index (χ3n) is 4.28. The largest absolute Gasteiger partial charge is 0.506 e. The number of carbonyl (C=O) groups excluding carboxylic acids is 1. The summed E-state index contributed by atoms with van der Waals surface area (Å²) in [4.78, 5) is 25.2. The Labute approximate surface area is 149 Å². The van der Waals surface area contributed by atoms with Gasteiger partial charge in [0, 0.05) is 30.8 Å². The highest BCUT2D eigenvalue weighted by atomic mass is 35.5. The van der Waals surface area contributed by atoms with Gasteiger partial charge in [0.1, 0.15) is 12.3 Å². The molecule has 2 heterocycles. The summed E-state index contributed by atoms with van der Waals surface area (Å²) in [5.74, 6) is -1.07. The standard InChI is InChI=1S/C17H18ClN3O4/c18-13-8-11(3-4-15(13)22)17(25)20-6-1-2-12(9-20)14-5-7-21(19-14)10-16(23)24/h3-5,7-8,12,22H,1-2,6,9-10H2,(H,23,24)/t12-/m0/s1. The van der Waals surface area contributed by atoms with E-state index >= 15 is 0 Å². The molecule has 7 nitrogen and oxygen atoms in total. The number of carboxylic acid groups (broad SMARTS) is 1. The lowest BCUT2D eigenvalue weighted by Gasteiger charge is -2.32. The molecule has 1 atom stereocenters. The van der Waals surface area contributed by atoms with Gasteiger partial charge in [0.25, 0.3) is 5.91 Å².